The summed E-state index contributed by atoms with van der Waals surface area (Å²) in [6, 6.07) is 5.18. The Morgan fingerprint density at radius 2 is 2.22 bits per heavy atom. The number of anilines is 2. The van der Waals surface area contributed by atoms with Crippen molar-refractivity contribution in [3.05, 3.63) is 36.3 Å². The molecule has 2 heterocycles. The van der Waals surface area contributed by atoms with Gasteiger partial charge < -0.3 is 11.1 Å². The van der Waals surface area contributed by atoms with Gasteiger partial charge in [0.05, 0.1) is 11.9 Å². The maximum atomic E-state index is 11.9. The largest absolute Gasteiger partial charge is 0.384 e. The molecule has 3 N–H and O–H groups in total. The Balaban J connectivity index is 2.11. The van der Waals surface area contributed by atoms with Crippen molar-refractivity contribution < 1.29 is 4.79 Å². The number of rotatable bonds is 3. The second kappa shape index (κ2) is 4.87. The third-order valence-electron chi connectivity index (χ3n) is 2.39. The van der Waals surface area contributed by atoms with Gasteiger partial charge in [0.2, 0.25) is 0 Å². The number of hydrogen-bond donors (Lipinski definition) is 2. The zero-order valence-corrected chi connectivity index (χ0v) is 10.3. The Hall–Kier alpha value is -2.37. The quantitative estimate of drug-likeness (QED) is 0.861. The minimum Gasteiger partial charge on any atom is -0.384 e. The van der Waals surface area contributed by atoms with Crippen LogP contribution in [-0.2, 0) is 0 Å². The van der Waals surface area contributed by atoms with Crippen LogP contribution in [0, 0.1) is 0 Å². The van der Waals surface area contributed by atoms with Crippen molar-refractivity contribution in [2.75, 3.05) is 11.1 Å². The van der Waals surface area contributed by atoms with E-state index in [2.05, 4.69) is 15.4 Å². The minimum absolute atomic E-state index is 0.251. The maximum Gasteiger partial charge on any atom is 0.274 e. The van der Waals surface area contributed by atoms with Crippen LogP contribution in [0.4, 0.5) is 11.5 Å². The molecule has 0 fully saturated rings. The van der Waals surface area contributed by atoms with Gasteiger partial charge in [-0.25, -0.2) is 4.98 Å². The topological polar surface area (TPSA) is 85.8 Å². The van der Waals surface area contributed by atoms with Crippen LogP contribution in [0.25, 0.3) is 0 Å². The number of nitrogens with one attached hydrogen (secondary N) is 1. The molecule has 6 heteroatoms. The standard InChI is InChI=1S/C12H15N5O/c1-8(2)17-7-9(6-14-17)15-12(18)10-4-3-5-11(13)16-10/h3-8H,1-2H3,(H2,13,16)(H,15,18). The second-order valence-corrected chi connectivity index (χ2v) is 4.20. The number of carbonyl (C=O) groups excluding carboxylic acids is 1. The number of hydrogen-bond acceptors (Lipinski definition) is 4. The molecule has 0 spiro atoms. The number of nitrogen functional groups attached to an aromatic ring is 1. The fourth-order valence-electron chi connectivity index (χ4n) is 1.46. The summed E-state index contributed by atoms with van der Waals surface area (Å²) in [6.07, 6.45) is 3.37. The lowest BCUT2D eigenvalue weighted by Crippen LogP contribution is -2.13. The predicted molar refractivity (Wildman–Crippen MR) is 69.2 cm³/mol. The molecule has 0 radical (unpaired) electrons. The van der Waals surface area contributed by atoms with Crippen molar-refractivity contribution >= 4 is 17.4 Å². The molecule has 2 rings (SSSR count). The maximum absolute atomic E-state index is 11.9. The summed E-state index contributed by atoms with van der Waals surface area (Å²) in [5.74, 6) is 0.0196. The van der Waals surface area contributed by atoms with Crippen molar-refractivity contribution in [3.63, 3.8) is 0 Å². The SMILES string of the molecule is CC(C)n1cc(NC(=O)c2cccc(N)n2)cn1. The van der Waals surface area contributed by atoms with Gasteiger partial charge in [-0.05, 0) is 26.0 Å². The zero-order chi connectivity index (χ0) is 13.1. The van der Waals surface area contributed by atoms with E-state index in [0.29, 0.717) is 11.5 Å². The van der Waals surface area contributed by atoms with Crippen LogP contribution in [0.15, 0.2) is 30.6 Å². The smallest absolute Gasteiger partial charge is 0.274 e. The molecule has 0 aliphatic carbocycles. The molecule has 0 saturated carbocycles. The first-order valence-corrected chi connectivity index (χ1v) is 5.64. The number of amides is 1. The summed E-state index contributed by atoms with van der Waals surface area (Å²) < 4.78 is 1.77. The predicted octanol–water partition coefficient (Wildman–Crippen LogP) is 1.69. The van der Waals surface area contributed by atoms with E-state index >= 15 is 0 Å². The Kier molecular flexibility index (Phi) is 3.27. The molecule has 0 saturated heterocycles. The zero-order valence-electron chi connectivity index (χ0n) is 10.3. The van der Waals surface area contributed by atoms with Gasteiger partial charge in [-0.2, -0.15) is 5.10 Å². The fourth-order valence-corrected chi connectivity index (χ4v) is 1.46. The average Bonchev–Trinajstić information content (AvgIpc) is 2.77. The van der Waals surface area contributed by atoms with Crippen LogP contribution in [-0.4, -0.2) is 20.7 Å². The minimum atomic E-state index is -0.300. The highest BCUT2D eigenvalue weighted by molar-refractivity contribution is 6.02. The highest BCUT2D eigenvalue weighted by Gasteiger charge is 2.09. The molecular weight excluding hydrogens is 230 g/mol. The number of carbonyl (C=O) groups is 1. The van der Waals surface area contributed by atoms with E-state index in [1.165, 1.54) is 0 Å². The third kappa shape index (κ3) is 2.65. The Morgan fingerprint density at radius 1 is 1.44 bits per heavy atom. The van der Waals surface area contributed by atoms with Crippen LogP contribution in [0.3, 0.4) is 0 Å². The van der Waals surface area contributed by atoms with Gasteiger partial charge in [0.15, 0.2) is 0 Å². The molecule has 1 amide bonds. The lowest BCUT2D eigenvalue weighted by molar-refractivity contribution is 0.102. The lowest BCUT2D eigenvalue weighted by Gasteiger charge is -2.04. The van der Waals surface area contributed by atoms with Gasteiger partial charge in [-0.1, -0.05) is 6.07 Å². The highest BCUT2D eigenvalue weighted by atomic mass is 16.1. The first-order valence-electron chi connectivity index (χ1n) is 5.64. The Labute approximate surface area is 105 Å². The summed E-state index contributed by atoms with van der Waals surface area (Å²) in [7, 11) is 0. The number of nitrogens with two attached hydrogens (primary N) is 1. The molecule has 0 aromatic carbocycles. The van der Waals surface area contributed by atoms with Gasteiger partial charge in [0.25, 0.3) is 5.91 Å². The van der Waals surface area contributed by atoms with E-state index in [-0.39, 0.29) is 17.6 Å². The summed E-state index contributed by atoms with van der Waals surface area (Å²) in [4.78, 5) is 15.8. The van der Waals surface area contributed by atoms with E-state index < -0.39 is 0 Å². The van der Waals surface area contributed by atoms with Crippen molar-refractivity contribution in [1.82, 2.24) is 14.8 Å². The summed E-state index contributed by atoms with van der Waals surface area (Å²) in [5.41, 5.74) is 6.45. The number of pyridine rings is 1. The van der Waals surface area contributed by atoms with Gasteiger partial charge in [-0.3, -0.25) is 9.48 Å². The van der Waals surface area contributed by atoms with E-state index in [1.807, 2.05) is 13.8 Å². The van der Waals surface area contributed by atoms with Crippen molar-refractivity contribution in [2.45, 2.75) is 19.9 Å². The number of nitrogens with zero attached hydrogens (tertiary/aromatic N) is 3. The van der Waals surface area contributed by atoms with Crippen molar-refractivity contribution in [3.8, 4) is 0 Å². The van der Waals surface area contributed by atoms with Crippen molar-refractivity contribution in [1.29, 1.82) is 0 Å². The van der Waals surface area contributed by atoms with E-state index in [4.69, 9.17) is 5.73 Å². The van der Waals surface area contributed by atoms with Crippen LogP contribution < -0.4 is 11.1 Å². The van der Waals surface area contributed by atoms with E-state index in [9.17, 15) is 4.79 Å². The second-order valence-electron chi connectivity index (χ2n) is 4.20. The third-order valence-corrected chi connectivity index (χ3v) is 2.39. The molecule has 2 aromatic heterocycles. The molecule has 0 atom stereocenters. The van der Waals surface area contributed by atoms with Gasteiger partial charge in [0, 0.05) is 12.2 Å². The average molecular weight is 245 g/mol. The first-order chi connectivity index (χ1) is 8.56. The summed E-state index contributed by atoms with van der Waals surface area (Å²) >= 11 is 0. The van der Waals surface area contributed by atoms with Crippen LogP contribution in [0.1, 0.15) is 30.4 Å². The summed E-state index contributed by atoms with van der Waals surface area (Å²) in [6.45, 7) is 4.02. The van der Waals surface area contributed by atoms with Crippen LogP contribution in [0.5, 0.6) is 0 Å². The first kappa shape index (κ1) is 12.1. The van der Waals surface area contributed by atoms with Gasteiger partial charge in [0.1, 0.15) is 11.5 Å². The lowest BCUT2D eigenvalue weighted by atomic mass is 10.3. The molecule has 94 valence electrons. The summed E-state index contributed by atoms with van der Waals surface area (Å²) in [5, 5.41) is 6.86. The molecule has 2 aromatic rings. The molecule has 0 aliphatic rings. The molecule has 0 unspecified atom stereocenters. The van der Waals surface area contributed by atoms with Crippen LogP contribution in [0.2, 0.25) is 0 Å². The molecule has 0 bridgehead atoms. The molecule has 6 nitrogen and oxygen atoms in total. The van der Waals surface area contributed by atoms with E-state index in [1.54, 1.807) is 35.3 Å². The van der Waals surface area contributed by atoms with Gasteiger partial charge >= 0.3 is 0 Å². The molecule has 0 aliphatic heterocycles. The van der Waals surface area contributed by atoms with Crippen LogP contribution >= 0.6 is 0 Å². The van der Waals surface area contributed by atoms with E-state index in [0.717, 1.165) is 0 Å². The Morgan fingerprint density at radius 3 is 2.83 bits per heavy atom. The molecule has 18 heavy (non-hydrogen) atoms. The Bertz CT molecular complexity index is 561. The highest BCUT2D eigenvalue weighted by Crippen LogP contribution is 2.11. The molecular formula is C12H15N5O. The van der Waals surface area contributed by atoms with Crippen molar-refractivity contribution in [2.24, 2.45) is 0 Å². The van der Waals surface area contributed by atoms with Gasteiger partial charge in [-0.15, -0.1) is 0 Å². The number of aromatic nitrogens is 3. The fraction of sp³-hybridized carbons (Fsp3) is 0.250. The normalized spacial score (nSPS) is 10.6. The monoisotopic (exact) mass is 245 g/mol.